The molecule has 1 fully saturated rings. The van der Waals surface area contributed by atoms with Crippen LogP contribution in [0, 0.1) is 11.8 Å². The lowest BCUT2D eigenvalue weighted by atomic mass is 9.89. The van der Waals surface area contributed by atoms with Crippen molar-refractivity contribution in [2.45, 2.75) is 83.7 Å². The van der Waals surface area contributed by atoms with Gasteiger partial charge in [0, 0.05) is 18.8 Å². The molecule has 3 atom stereocenters. The Balaban J connectivity index is 2.44. The summed E-state index contributed by atoms with van der Waals surface area (Å²) in [6.07, 6.45) is 16.5. The molecule has 0 aromatic carbocycles. The van der Waals surface area contributed by atoms with Gasteiger partial charge in [-0.2, -0.15) is 0 Å². The highest BCUT2D eigenvalue weighted by Gasteiger charge is 2.32. The summed E-state index contributed by atoms with van der Waals surface area (Å²) in [6.45, 7) is 7.74. The van der Waals surface area contributed by atoms with Crippen molar-refractivity contribution in [2.75, 3.05) is 6.61 Å². The average molecular weight is 419 g/mol. The van der Waals surface area contributed by atoms with E-state index in [1.165, 1.54) is 0 Å². The monoisotopic (exact) mass is 418 g/mol. The van der Waals surface area contributed by atoms with E-state index in [0.29, 0.717) is 38.5 Å². The van der Waals surface area contributed by atoms with Crippen LogP contribution < -0.4 is 0 Å². The molecule has 168 valence electrons. The number of allylic oxidation sites excluding steroid dienone is 3. The van der Waals surface area contributed by atoms with Gasteiger partial charge in [0.1, 0.15) is 5.78 Å². The Bertz CT molecular complexity index is 633. The molecule has 1 aliphatic rings. The van der Waals surface area contributed by atoms with Gasteiger partial charge in [-0.1, -0.05) is 50.1 Å². The minimum Gasteiger partial charge on any atom is -0.460 e. The van der Waals surface area contributed by atoms with Gasteiger partial charge >= 0.3 is 5.97 Å². The van der Waals surface area contributed by atoms with Gasteiger partial charge in [0.15, 0.2) is 0 Å². The Labute approximate surface area is 181 Å². The summed E-state index contributed by atoms with van der Waals surface area (Å²) in [6, 6.07) is 0. The van der Waals surface area contributed by atoms with Crippen LogP contribution in [0.25, 0.3) is 0 Å². The lowest BCUT2D eigenvalue weighted by Gasteiger charge is -2.22. The number of ketones is 2. The van der Waals surface area contributed by atoms with Crippen LogP contribution in [0.15, 0.2) is 37.0 Å². The second-order valence-electron chi connectivity index (χ2n) is 8.06. The molecule has 1 aliphatic carbocycles. The first kappa shape index (κ1) is 26.0. The van der Waals surface area contributed by atoms with E-state index in [1.807, 2.05) is 18.2 Å². The number of carbonyl (C=O) groups excluding carboxylic acids is 3. The number of esters is 1. The van der Waals surface area contributed by atoms with Crippen molar-refractivity contribution in [3.8, 4) is 0 Å². The average Bonchev–Trinajstić information content (AvgIpc) is 3.08. The molecule has 0 bridgehead atoms. The van der Waals surface area contributed by atoms with Crippen molar-refractivity contribution in [3.05, 3.63) is 37.0 Å². The molecular formula is C25H38O5. The van der Waals surface area contributed by atoms with Crippen molar-refractivity contribution >= 4 is 17.5 Å². The Hall–Kier alpha value is -2.01. The van der Waals surface area contributed by atoms with E-state index in [-0.39, 0.29) is 30.6 Å². The first-order valence-electron chi connectivity index (χ1n) is 11.3. The Morgan fingerprint density at radius 2 is 2.00 bits per heavy atom. The topological polar surface area (TPSA) is 80.7 Å². The van der Waals surface area contributed by atoms with E-state index in [0.717, 1.165) is 19.3 Å². The smallest absolute Gasteiger partial charge is 0.374 e. The Morgan fingerprint density at radius 3 is 2.67 bits per heavy atom. The highest BCUT2D eigenvalue weighted by molar-refractivity contribution is 6.33. The highest BCUT2D eigenvalue weighted by atomic mass is 16.5. The van der Waals surface area contributed by atoms with E-state index in [9.17, 15) is 19.5 Å². The predicted octanol–water partition coefficient (Wildman–Crippen LogP) is 4.88. The molecular weight excluding hydrogens is 380 g/mol. The van der Waals surface area contributed by atoms with Gasteiger partial charge in [0.05, 0.1) is 12.2 Å². The van der Waals surface area contributed by atoms with Crippen molar-refractivity contribution < 1.29 is 24.2 Å². The molecule has 0 amide bonds. The van der Waals surface area contributed by atoms with Crippen molar-refractivity contribution in [3.63, 3.8) is 0 Å². The molecule has 1 unspecified atom stereocenters. The molecule has 5 heteroatoms. The number of hydrogen-bond acceptors (Lipinski definition) is 5. The molecule has 0 aliphatic heterocycles. The number of rotatable bonds is 15. The van der Waals surface area contributed by atoms with E-state index >= 15 is 0 Å². The van der Waals surface area contributed by atoms with Crippen LogP contribution in [0.5, 0.6) is 0 Å². The van der Waals surface area contributed by atoms with Gasteiger partial charge in [-0.3, -0.25) is 9.59 Å². The number of carbonyl (C=O) groups is 3. The lowest BCUT2D eigenvalue weighted by Crippen LogP contribution is -2.24. The molecule has 0 heterocycles. The van der Waals surface area contributed by atoms with Crippen LogP contribution in [-0.4, -0.2) is 34.9 Å². The number of hydrogen-bond donors (Lipinski definition) is 1. The van der Waals surface area contributed by atoms with E-state index in [1.54, 1.807) is 13.0 Å². The number of Topliss-reactive ketones (excluding diaryl/α,β-unsaturated/α-hetero) is 2. The summed E-state index contributed by atoms with van der Waals surface area (Å²) in [5.41, 5.74) is -0.870. The fourth-order valence-corrected chi connectivity index (χ4v) is 3.74. The molecule has 0 aromatic heterocycles. The van der Waals surface area contributed by atoms with Gasteiger partial charge in [-0.05, 0) is 51.4 Å². The van der Waals surface area contributed by atoms with E-state index < -0.39 is 17.4 Å². The maximum atomic E-state index is 12.3. The minimum absolute atomic E-state index is 0.0221. The molecule has 0 saturated heterocycles. The maximum Gasteiger partial charge on any atom is 0.374 e. The third kappa shape index (κ3) is 9.21. The minimum atomic E-state index is -0.870. The van der Waals surface area contributed by atoms with Crippen LogP contribution >= 0.6 is 0 Å². The molecule has 1 saturated carbocycles. The van der Waals surface area contributed by atoms with Gasteiger partial charge in [-0.15, -0.1) is 6.58 Å². The summed E-state index contributed by atoms with van der Waals surface area (Å²) >= 11 is 0. The predicted molar refractivity (Wildman–Crippen MR) is 119 cm³/mol. The zero-order valence-corrected chi connectivity index (χ0v) is 18.6. The van der Waals surface area contributed by atoms with Crippen molar-refractivity contribution in [1.29, 1.82) is 0 Å². The number of ether oxygens (including phenoxy) is 1. The van der Waals surface area contributed by atoms with Crippen LogP contribution in [0.2, 0.25) is 0 Å². The summed E-state index contributed by atoms with van der Waals surface area (Å²) in [5, 5.41) is 10.6. The lowest BCUT2D eigenvalue weighted by molar-refractivity contribution is -0.153. The largest absolute Gasteiger partial charge is 0.460 e. The molecule has 0 radical (unpaired) electrons. The first-order valence-corrected chi connectivity index (χ1v) is 11.3. The van der Waals surface area contributed by atoms with Crippen LogP contribution in [0.3, 0.4) is 0 Å². The molecule has 1 N–H and O–H groups in total. The number of aliphatic hydroxyl groups is 1. The zero-order valence-electron chi connectivity index (χ0n) is 18.6. The molecule has 1 rings (SSSR count). The fraction of sp³-hybridized carbons (Fsp3) is 0.640. The third-order valence-electron chi connectivity index (χ3n) is 5.69. The van der Waals surface area contributed by atoms with Crippen LogP contribution in [0.1, 0.15) is 78.1 Å². The van der Waals surface area contributed by atoms with Gasteiger partial charge in [0.25, 0.3) is 0 Å². The summed E-state index contributed by atoms with van der Waals surface area (Å²) in [7, 11) is 0. The Kier molecular flexibility index (Phi) is 12.2. The normalized spacial score (nSPS) is 21.2. The standard InChI is InChI=1S/C25H38O5/c1-4-7-18-25(29,5-2)19-12-13-20-16-17-22(26)21(20)14-10-8-9-11-15-23(27)24(28)30-6-3/h5,8,10,12-13,20-21,29H,2,4,6-7,9,11,14-19H2,1,3H3/t20-,21+,25?/m0/s1. The van der Waals surface area contributed by atoms with E-state index in [2.05, 4.69) is 24.3 Å². The van der Waals surface area contributed by atoms with Crippen LogP contribution in [-0.2, 0) is 19.1 Å². The van der Waals surface area contributed by atoms with E-state index in [4.69, 9.17) is 0 Å². The highest BCUT2D eigenvalue weighted by Crippen LogP contribution is 2.33. The van der Waals surface area contributed by atoms with Crippen molar-refractivity contribution in [1.82, 2.24) is 0 Å². The summed E-state index contributed by atoms with van der Waals surface area (Å²) in [4.78, 5) is 35.1. The molecule has 0 aromatic rings. The Morgan fingerprint density at radius 1 is 1.23 bits per heavy atom. The third-order valence-corrected chi connectivity index (χ3v) is 5.69. The molecule has 30 heavy (non-hydrogen) atoms. The second kappa shape index (κ2) is 14.1. The number of unbranched alkanes of at least 4 members (excludes halogenated alkanes) is 2. The SMILES string of the molecule is C=CC(O)(CC=C[C@H]1CCC(=O)[C@@H]1CC=CCCCC(=O)C(=O)OCC)CCCC. The zero-order chi connectivity index (χ0) is 22.4. The maximum absolute atomic E-state index is 12.3. The van der Waals surface area contributed by atoms with Gasteiger partial charge < -0.3 is 9.84 Å². The van der Waals surface area contributed by atoms with Crippen molar-refractivity contribution in [2.24, 2.45) is 11.8 Å². The van der Waals surface area contributed by atoms with Crippen LogP contribution in [0.4, 0.5) is 0 Å². The summed E-state index contributed by atoms with van der Waals surface area (Å²) in [5.74, 6) is -0.777. The first-order chi connectivity index (χ1) is 14.4. The molecule has 0 spiro atoms. The second-order valence-corrected chi connectivity index (χ2v) is 8.06. The fourth-order valence-electron chi connectivity index (χ4n) is 3.74. The van der Waals surface area contributed by atoms with Gasteiger partial charge in [0.2, 0.25) is 5.78 Å². The quantitative estimate of drug-likeness (QED) is 0.177. The molecule has 5 nitrogen and oxygen atoms in total. The van der Waals surface area contributed by atoms with Gasteiger partial charge in [-0.25, -0.2) is 4.79 Å². The summed E-state index contributed by atoms with van der Waals surface area (Å²) < 4.78 is 4.68.